The van der Waals surface area contributed by atoms with Crippen molar-refractivity contribution in [2.45, 2.75) is 69.6 Å². The zero-order valence-electron chi connectivity index (χ0n) is 16.0. The number of nitrogens with zero attached hydrogens (tertiary/aromatic N) is 3. The van der Waals surface area contributed by atoms with E-state index in [2.05, 4.69) is 16.5 Å². The van der Waals surface area contributed by atoms with Gasteiger partial charge in [-0.15, -0.1) is 0 Å². The highest BCUT2D eigenvalue weighted by Crippen LogP contribution is 2.33. The predicted octanol–water partition coefficient (Wildman–Crippen LogP) is 1.99. The number of aliphatic hydroxyl groups excluding tert-OH is 1. The van der Waals surface area contributed by atoms with E-state index in [1.54, 1.807) is 0 Å². The summed E-state index contributed by atoms with van der Waals surface area (Å²) in [4.78, 5) is 7.41. The van der Waals surface area contributed by atoms with E-state index in [-0.39, 0.29) is 6.10 Å². The van der Waals surface area contributed by atoms with Crippen molar-refractivity contribution in [2.24, 2.45) is 7.05 Å². The number of β-amino-alcohol motifs (C(OH)–C–C–N with tert-alkyl or cyclic N) is 1. The number of aliphatic hydroxyl groups is 1. The average Bonchev–Trinajstić information content (AvgIpc) is 3.25. The van der Waals surface area contributed by atoms with Crippen LogP contribution in [0.15, 0.2) is 0 Å². The Balaban J connectivity index is 1.35. The minimum atomic E-state index is -0.437. The Labute approximate surface area is 156 Å². The molecule has 0 saturated carbocycles. The molecule has 2 aliphatic heterocycles. The summed E-state index contributed by atoms with van der Waals surface area (Å²) in [5, 5.41) is 10.5. The van der Waals surface area contributed by atoms with E-state index in [9.17, 15) is 5.11 Å². The second-order valence-corrected chi connectivity index (χ2v) is 8.08. The Bertz CT molecular complexity index is 597. The van der Waals surface area contributed by atoms with Crippen LogP contribution in [0, 0.1) is 0 Å². The minimum Gasteiger partial charge on any atom is -0.389 e. The van der Waals surface area contributed by atoms with Gasteiger partial charge in [0.25, 0.3) is 0 Å². The molecule has 4 rings (SSSR count). The lowest BCUT2D eigenvalue weighted by atomic mass is 10.0. The van der Waals surface area contributed by atoms with Crippen molar-refractivity contribution in [3.05, 3.63) is 17.2 Å². The second-order valence-electron chi connectivity index (χ2n) is 8.08. The number of hydrogen-bond acceptors (Lipinski definition) is 5. The van der Waals surface area contributed by atoms with Gasteiger partial charge in [0.2, 0.25) is 0 Å². The van der Waals surface area contributed by atoms with Gasteiger partial charge >= 0.3 is 0 Å². The summed E-state index contributed by atoms with van der Waals surface area (Å²) >= 11 is 0. The summed E-state index contributed by atoms with van der Waals surface area (Å²) in [6, 6.07) is 0.336. The van der Waals surface area contributed by atoms with E-state index < -0.39 is 6.10 Å². The van der Waals surface area contributed by atoms with Gasteiger partial charge in [-0.2, -0.15) is 0 Å². The molecule has 2 unspecified atom stereocenters. The van der Waals surface area contributed by atoms with Crippen LogP contribution >= 0.6 is 0 Å². The topological polar surface area (TPSA) is 59.8 Å². The lowest BCUT2D eigenvalue weighted by Gasteiger charge is -2.28. The van der Waals surface area contributed by atoms with Gasteiger partial charge in [-0.3, -0.25) is 4.90 Å². The molecule has 1 aromatic heterocycles. The van der Waals surface area contributed by atoms with Gasteiger partial charge < -0.3 is 19.1 Å². The Morgan fingerprint density at radius 3 is 2.81 bits per heavy atom. The molecule has 146 valence electrons. The molecule has 3 aliphatic rings. The lowest BCUT2D eigenvalue weighted by molar-refractivity contribution is -0.0648. The van der Waals surface area contributed by atoms with Crippen molar-refractivity contribution >= 4 is 0 Å². The van der Waals surface area contributed by atoms with Crippen molar-refractivity contribution in [1.29, 1.82) is 0 Å². The first kappa shape index (κ1) is 18.4. The smallest absolute Gasteiger partial charge is 0.126 e. The average molecular weight is 364 g/mol. The zero-order valence-corrected chi connectivity index (χ0v) is 16.0. The molecular weight excluding hydrogens is 330 g/mol. The summed E-state index contributed by atoms with van der Waals surface area (Å²) in [6.45, 7) is 3.68. The Morgan fingerprint density at radius 2 is 2.00 bits per heavy atom. The van der Waals surface area contributed by atoms with Crippen LogP contribution < -0.4 is 0 Å². The maximum Gasteiger partial charge on any atom is 0.126 e. The van der Waals surface area contributed by atoms with Crippen LogP contribution in [0.1, 0.15) is 61.8 Å². The third-order valence-corrected chi connectivity index (χ3v) is 6.21. The first-order valence-electron chi connectivity index (χ1n) is 10.4. The van der Waals surface area contributed by atoms with Crippen molar-refractivity contribution in [1.82, 2.24) is 14.5 Å². The van der Waals surface area contributed by atoms with Crippen LogP contribution in [0.2, 0.25) is 0 Å². The highest BCUT2D eigenvalue weighted by molar-refractivity contribution is 5.22. The number of imidazole rings is 1. The third-order valence-electron chi connectivity index (χ3n) is 6.21. The molecule has 0 aromatic carbocycles. The Morgan fingerprint density at radius 1 is 1.19 bits per heavy atom. The van der Waals surface area contributed by atoms with E-state index in [1.807, 2.05) is 0 Å². The van der Waals surface area contributed by atoms with Gasteiger partial charge in [0.1, 0.15) is 5.82 Å². The monoisotopic (exact) mass is 363 g/mol. The molecule has 6 heteroatoms. The maximum absolute atomic E-state index is 10.5. The molecule has 0 spiro atoms. The molecular formula is C20H33N3O3. The number of fused-ring (bicyclic) bond motifs is 1. The fourth-order valence-corrected chi connectivity index (χ4v) is 4.76. The number of aryl methyl sites for hydroxylation is 1. The molecule has 3 heterocycles. The van der Waals surface area contributed by atoms with Crippen molar-refractivity contribution in [3.8, 4) is 0 Å². The molecule has 0 amide bonds. The highest BCUT2D eigenvalue weighted by atomic mass is 16.5. The normalized spacial score (nSPS) is 26.2. The van der Waals surface area contributed by atoms with Gasteiger partial charge in [0.15, 0.2) is 0 Å². The van der Waals surface area contributed by atoms with Crippen molar-refractivity contribution < 1.29 is 14.6 Å². The summed E-state index contributed by atoms with van der Waals surface area (Å²) < 4.78 is 13.6. The number of likely N-dealkylation sites (tertiary alicyclic amines) is 1. The number of rotatable bonds is 6. The van der Waals surface area contributed by atoms with Crippen molar-refractivity contribution in [3.63, 3.8) is 0 Å². The molecule has 1 N–H and O–H groups in total. The van der Waals surface area contributed by atoms with Crippen LogP contribution in [-0.2, 0) is 29.4 Å². The highest BCUT2D eigenvalue weighted by Gasteiger charge is 2.32. The van der Waals surface area contributed by atoms with Crippen LogP contribution in [0.5, 0.6) is 0 Å². The Hall–Kier alpha value is -0.950. The molecule has 0 radical (unpaired) electrons. The van der Waals surface area contributed by atoms with Gasteiger partial charge in [0.05, 0.1) is 30.6 Å². The van der Waals surface area contributed by atoms with Gasteiger partial charge in [-0.1, -0.05) is 0 Å². The summed E-state index contributed by atoms with van der Waals surface area (Å²) in [6.07, 6.45) is 8.83. The number of aromatic nitrogens is 2. The second kappa shape index (κ2) is 8.38. The van der Waals surface area contributed by atoms with Crippen LogP contribution in [-0.4, -0.2) is 64.7 Å². The van der Waals surface area contributed by atoms with Crippen molar-refractivity contribution in [2.75, 3.05) is 32.9 Å². The van der Waals surface area contributed by atoms with Gasteiger partial charge in [0, 0.05) is 32.5 Å². The largest absolute Gasteiger partial charge is 0.389 e. The van der Waals surface area contributed by atoms with E-state index in [4.69, 9.17) is 14.5 Å². The summed E-state index contributed by atoms with van der Waals surface area (Å²) in [5.74, 6) is 1.20. The van der Waals surface area contributed by atoms with Gasteiger partial charge in [-0.25, -0.2) is 4.98 Å². The van der Waals surface area contributed by atoms with E-state index >= 15 is 0 Å². The van der Waals surface area contributed by atoms with Crippen LogP contribution in [0.3, 0.4) is 0 Å². The number of ether oxygens (including phenoxy) is 2. The first-order valence-corrected chi connectivity index (χ1v) is 10.4. The molecule has 1 aromatic rings. The molecule has 26 heavy (non-hydrogen) atoms. The number of hydrogen-bond donors (Lipinski definition) is 1. The standard InChI is InChI=1S/C20H33N3O3/c1-22-18-6-3-2-5-17(18)21-20(22)19-7-4-10-23(19)13-15(24)14-26-16-8-11-25-12-9-16/h15-16,19,24H,2-14H2,1H3. The molecule has 2 atom stereocenters. The summed E-state index contributed by atoms with van der Waals surface area (Å²) in [7, 11) is 2.17. The lowest BCUT2D eigenvalue weighted by Crippen LogP contribution is -2.37. The van der Waals surface area contributed by atoms with Crippen LogP contribution in [0.4, 0.5) is 0 Å². The summed E-state index contributed by atoms with van der Waals surface area (Å²) in [5.41, 5.74) is 2.74. The van der Waals surface area contributed by atoms with Gasteiger partial charge in [-0.05, 0) is 57.9 Å². The fraction of sp³-hybridized carbons (Fsp3) is 0.850. The van der Waals surface area contributed by atoms with E-state index in [1.165, 1.54) is 36.5 Å². The molecule has 0 bridgehead atoms. The molecule has 2 saturated heterocycles. The van der Waals surface area contributed by atoms with Crippen LogP contribution in [0.25, 0.3) is 0 Å². The van der Waals surface area contributed by atoms with E-state index in [0.29, 0.717) is 19.2 Å². The third kappa shape index (κ3) is 3.98. The quantitative estimate of drug-likeness (QED) is 0.838. The SMILES string of the molecule is Cn1c(C2CCCN2CC(O)COC2CCOCC2)nc2c1CCCC2. The molecule has 6 nitrogen and oxygen atoms in total. The predicted molar refractivity (Wildman–Crippen MR) is 99.2 cm³/mol. The maximum atomic E-state index is 10.5. The minimum absolute atomic E-state index is 0.244. The molecule has 1 aliphatic carbocycles. The first-order chi connectivity index (χ1) is 12.7. The zero-order chi connectivity index (χ0) is 17.9. The molecule has 2 fully saturated rings. The Kier molecular flexibility index (Phi) is 5.93. The fourth-order valence-electron chi connectivity index (χ4n) is 4.76. The van der Waals surface area contributed by atoms with E-state index in [0.717, 1.165) is 51.9 Å².